The van der Waals surface area contributed by atoms with Gasteiger partial charge in [0.05, 0.1) is 4.47 Å². The van der Waals surface area contributed by atoms with E-state index in [2.05, 4.69) is 15.9 Å². The number of phenols is 1. The van der Waals surface area contributed by atoms with Crippen molar-refractivity contribution in [2.24, 2.45) is 11.5 Å². The van der Waals surface area contributed by atoms with E-state index in [1.54, 1.807) is 0 Å². The minimum Gasteiger partial charge on any atom is -0.506 e. The fraction of sp³-hybridized carbons (Fsp3) is 0.333. The van der Waals surface area contributed by atoms with Gasteiger partial charge in [0, 0.05) is 11.6 Å². The number of nitrogens with two attached hydrogens (primary N) is 2. The van der Waals surface area contributed by atoms with Crippen molar-refractivity contribution in [3.05, 3.63) is 28.0 Å². The maximum absolute atomic E-state index is 13.3. The van der Waals surface area contributed by atoms with E-state index in [9.17, 15) is 9.50 Å². The minimum absolute atomic E-state index is 0. The van der Waals surface area contributed by atoms with Crippen LogP contribution in [0.5, 0.6) is 5.75 Å². The third-order valence-electron chi connectivity index (χ3n) is 1.96. The van der Waals surface area contributed by atoms with Crippen molar-refractivity contribution in [1.82, 2.24) is 0 Å². The highest BCUT2D eigenvalue weighted by molar-refractivity contribution is 9.10. The molecule has 0 radical (unpaired) electrons. The van der Waals surface area contributed by atoms with Crippen molar-refractivity contribution in [3.63, 3.8) is 0 Å². The van der Waals surface area contributed by atoms with Gasteiger partial charge in [-0.25, -0.2) is 4.39 Å². The Hall–Kier alpha value is -0.360. The molecule has 1 aromatic rings. The van der Waals surface area contributed by atoms with E-state index in [4.69, 9.17) is 11.5 Å². The minimum atomic E-state index is -0.572. The molecule has 0 heterocycles. The molecule has 0 saturated heterocycles. The first kappa shape index (κ1) is 14.6. The molecular formula is C9H13BrClFN2O. The summed E-state index contributed by atoms with van der Waals surface area (Å²) in [5, 5.41) is 9.57. The molecule has 0 amide bonds. The molecule has 1 rings (SSSR count). The van der Waals surface area contributed by atoms with Crippen LogP contribution in [-0.2, 0) is 0 Å². The number of halogens is 3. The molecule has 5 N–H and O–H groups in total. The smallest absolute Gasteiger partial charge is 0.137 e. The summed E-state index contributed by atoms with van der Waals surface area (Å²) in [6.45, 7) is 0.354. The Morgan fingerprint density at radius 1 is 1.47 bits per heavy atom. The molecule has 1 aromatic carbocycles. The van der Waals surface area contributed by atoms with E-state index >= 15 is 0 Å². The van der Waals surface area contributed by atoms with Gasteiger partial charge in [-0.15, -0.1) is 12.4 Å². The first-order valence-corrected chi connectivity index (χ1v) is 4.99. The average molecular weight is 300 g/mol. The second-order valence-electron chi connectivity index (χ2n) is 2.98. The second kappa shape index (κ2) is 6.27. The van der Waals surface area contributed by atoms with E-state index in [1.165, 1.54) is 12.1 Å². The van der Waals surface area contributed by atoms with Crippen LogP contribution >= 0.6 is 28.3 Å². The lowest BCUT2D eigenvalue weighted by Crippen LogP contribution is -2.16. The first-order chi connectivity index (χ1) is 6.57. The lowest BCUT2D eigenvalue weighted by atomic mass is 10.0. The van der Waals surface area contributed by atoms with Crippen LogP contribution in [0.4, 0.5) is 4.39 Å². The van der Waals surface area contributed by atoms with Crippen LogP contribution in [0.1, 0.15) is 18.0 Å². The number of phenolic OH excluding ortho intramolecular Hbond substituents is 1. The molecule has 0 aliphatic heterocycles. The molecule has 0 fully saturated rings. The van der Waals surface area contributed by atoms with Crippen molar-refractivity contribution in [2.75, 3.05) is 6.54 Å². The number of hydrogen-bond donors (Lipinski definition) is 3. The Labute approximate surface area is 102 Å². The molecule has 0 aliphatic rings. The number of benzene rings is 1. The van der Waals surface area contributed by atoms with Crippen LogP contribution < -0.4 is 11.5 Å². The molecule has 86 valence electrons. The quantitative estimate of drug-likeness (QED) is 0.800. The van der Waals surface area contributed by atoms with Crippen LogP contribution in [0, 0.1) is 5.82 Å². The van der Waals surface area contributed by atoms with Gasteiger partial charge in [0.2, 0.25) is 0 Å². The van der Waals surface area contributed by atoms with Crippen molar-refractivity contribution in [1.29, 1.82) is 0 Å². The summed E-state index contributed by atoms with van der Waals surface area (Å²) in [7, 11) is 0. The molecule has 0 bridgehead atoms. The zero-order valence-electron chi connectivity index (χ0n) is 7.91. The normalized spacial score (nSPS) is 12.0. The zero-order chi connectivity index (χ0) is 10.7. The van der Waals surface area contributed by atoms with E-state index in [-0.39, 0.29) is 23.7 Å². The fourth-order valence-electron chi connectivity index (χ4n) is 1.23. The summed E-state index contributed by atoms with van der Waals surface area (Å²) >= 11 is 3.10. The van der Waals surface area contributed by atoms with Gasteiger partial charge in [-0.1, -0.05) is 0 Å². The number of aromatic hydroxyl groups is 1. The lowest BCUT2D eigenvalue weighted by molar-refractivity contribution is 0.442. The first-order valence-electron chi connectivity index (χ1n) is 4.20. The maximum Gasteiger partial charge on any atom is 0.137 e. The van der Waals surface area contributed by atoms with Gasteiger partial charge in [0.15, 0.2) is 0 Å². The molecule has 0 aromatic heterocycles. The van der Waals surface area contributed by atoms with Gasteiger partial charge in [-0.05, 0) is 41.0 Å². The van der Waals surface area contributed by atoms with Gasteiger partial charge in [0.25, 0.3) is 0 Å². The molecule has 6 heteroatoms. The lowest BCUT2D eigenvalue weighted by Gasteiger charge is -2.14. The largest absolute Gasteiger partial charge is 0.506 e. The van der Waals surface area contributed by atoms with E-state index in [0.717, 1.165) is 0 Å². The summed E-state index contributed by atoms with van der Waals surface area (Å²) in [4.78, 5) is 0. The molecule has 0 aliphatic carbocycles. The summed E-state index contributed by atoms with van der Waals surface area (Å²) < 4.78 is 13.7. The Morgan fingerprint density at radius 3 is 2.60 bits per heavy atom. The van der Waals surface area contributed by atoms with Gasteiger partial charge >= 0.3 is 0 Å². The number of hydrogen-bond acceptors (Lipinski definition) is 3. The monoisotopic (exact) mass is 298 g/mol. The van der Waals surface area contributed by atoms with Crippen LogP contribution in [0.2, 0.25) is 0 Å². The van der Waals surface area contributed by atoms with Crippen LogP contribution in [0.3, 0.4) is 0 Å². The predicted octanol–water partition coefficient (Wildman–Crippen LogP) is 2.06. The van der Waals surface area contributed by atoms with Crippen molar-refractivity contribution >= 4 is 28.3 Å². The molecule has 0 saturated carbocycles. The second-order valence-corrected chi connectivity index (χ2v) is 3.83. The zero-order valence-corrected chi connectivity index (χ0v) is 10.3. The van der Waals surface area contributed by atoms with Crippen molar-refractivity contribution in [3.8, 4) is 5.75 Å². The van der Waals surface area contributed by atoms with E-state index < -0.39 is 11.9 Å². The third-order valence-corrected chi connectivity index (χ3v) is 2.60. The SMILES string of the molecule is Cl.NCC[C@@H](N)c1c(F)ccc(Br)c1O. The number of rotatable bonds is 3. The average Bonchev–Trinajstić information content (AvgIpc) is 2.13. The van der Waals surface area contributed by atoms with E-state index in [0.29, 0.717) is 17.4 Å². The van der Waals surface area contributed by atoms with Crippen LogP contribution in [0.25, 0.3) is 0 Å². The molecule has 1 atom stereocenters. The summed E-state index contributed by atoms with van der Waals surface area (Å²) in [5.41, 5.74) is 11.1. The van der Waals surface area contributed by atoms with E-state index in [1.807, 2.05) is 0 Å². The highest BCUT2D eigenvalue weighted by Gasteiger charge is 2.17. The summed E-state index contributed by atoms with van der Waals surface area (Å²) in [6.07, 6.45) is 0.431. The Kier molecular flexibility index (Phi) is 6.12. The van der Waals surface area contributed by atoms with Crippen LogP contribution in [0.15, 0.2) is 16.6 Å². The molecule has 3 nitrogen and oxygen atoms in total. The topological polar surface area (TPSA) is 72.3 Å². The van der Waals surface area contributed by atoms with Gasteiger partial charge in [-0.2, -0.15) is 0 Å². The highest BCUT2D eigenvalue weighted by atomic mass is 79.9. The Balaban J connectivity index is 0.00000196. The highest BCUT2D eigenvalue weighted by Crippen LogP contribution is 2.33. The Bertz CT molecular complexity index is 338. The third kappa shape index (κ3) is 3.31. The van der Waals surface area contributed by atoms with Gasteiger partial charge in [0.1, 0.15) is 11.6 Å². The predicted molar refractivity (Wildman–Crippen MR) is 63.6 cm³/mol. The van der Waals surface area contributed by atoms with Gasteiger partial charge in [-0.3, -0.25) is 0 Å². The van der Waals surface area contributed by atoms with Gasteiger partial charge < -0.3 is 16.6 Å². The molecule has 0 unspecified atom stereocenters. The summed E-state index contributed by atoms with van der Waals surface area (Å²) in [6, 6.07) is 2.12. The van der Waals surface area contributed by atoms with Crippen molar-refractivity contribution in [2.45, 2.75) is 12.5 Å². The molecule has 15 heavy (non-hydrogen) atoms. The molecule has 0 spiro atoms. The maximum atomic E-state index is 13.3. The van der Waals surface area contributed by atoms with Crippen LogP contribution in [-0.4, -0.2) is 11.7 Å². The fourth-order valence-corrected chi connectivity index (χ4v) is 1.58. The molecular weight excluding hydrogens is 286 g/mol. The summed E-state index contributed by atoms with van der Waals surface area (Å²) in [5.74, 6) is -0.655. The standard InChI is InChI=1S/C9H12BrFN2O.ClH/c10-5-1-2-6(11)8(9(5)14)7(13)3-4-12;/h1-2,7,14H,3-4,12-13H2;1H/t7-;/m1./s1. The van der Waals surface area contributed by atoms with Crippen molar-refractivity contribution < 1.29 is 9.50 Å². The Morgan fingerprint density at radius 2 is 2.07 bits per heavy atom.